The minimum absolute atomic E-state index is 0.0909. The molecule has 1 aromatic carbocycles. The van der Waals surface area contributed by atoms with Gasteiger partial charge in [0.2, 0.25) is 0 Å². The summed E-state index contributed by atoms with van der Waals surface area (Å²) in [4.78, 5) is 0. The van der Waals surface area contributed by atoms with Crippen molar-refractivity contribution in [3.05, 3.63) is 29.6 Å². The van der Waals surface area contributed by atoms with E-state index >= 15 is 0 Å². The molecule has 0 saturated heterocycles. The number of hydrogen-bond donors (Lipinski definition) is 2. The molecule has 0 spiro atoms. The number of benzene rings is 1. The molecule has 1 rings (SSSR count). The quantitative estimate of drug-likeness (QED) is 0.822. The van der Waals surface area contributed by atoms with Crippen LogP contribution in [0.25, 0.3) is 0 Å². The standard InChI is InChI=1S/C14H21FO3/c1-4-18-14-6-5-11(15)8-12(14)9(2)7-13(17)10(3)16/h5-6,8-10,13,16-17H,4,7H2,1-3H3. The van der Waals surface area contributed by atoms with Crippen molar-refractivity contribution in [1.82, 2.24) is 0 Å². The number of ether oxygens (including phenoxy) is 1. The second-order valence-corrected chi connectivity index (χ2v) is 4.56. The Kier molecular flexibility index (Phi) is 5.56. The van der Waals surface area contributed by atoms with Crippen LogP contribution in [0.4, 0.5) is 4.39 Å². The Morgan fingerprint density at radius 2 is 1.94 bits per heavy atom. The number of hydrogen-bond acceptors (Lipinski definition) is 3. The molecule has 0 saturated carbocycles. The highest BCUT2D eigenvalue weighted by molar-refractivity contribution is 5.36. The topological polar surface area (TPSA) is 49.7 Å². The molecule has 0 radical (unpaired) electrons. The molecule has 3 atom stereocenters. The average molecular weight is 256 g/mol. The monoisotopic (exact) mass is 256 g/mol. The van der Waals surface area contributed by atoms with Crippen LogP contribution in [-0.2, 0) is 0 Å². The normalized spacial score (nSPS) is 16.1. The molecular weight excluding hydrogens is 235 g/mol. The third-order valence-electron chi connectivity index (χ3n) is 2.95. The van der Waals surface area contributed by atoms with Gasteiger partial charge in [-0.05, 0) is 49.9 Å². The Balaban J connectivity index is 2.88. The van der Waals surface area contributed by atoms with Gasteiger partial charge in [0, 0.05) is 0 Å². The summed E-state index contributed by atoms with van der Waals surface area (Å²) in [5, 5.41) is 19.0. The van der Waals surface area contributed by atoms with Crippen molar-refractivity contribution >= 4 is 0 Å². The fourth-order valence-corrected chi connectivity index (χ4v) is 1.88. The minimum atomic E-state index is -0.822. The van der Waals surface area contributed by atoms with Crippen molar-refractivity contribution in [3.8, 4) is 5.75 Å². The molecule has 102 valence electrons. The van der Waals surface area contributed by atoms with Crippen molar-refractivity contribution in [2.45, 2.75) is 45.3 Å². The molecule has 0 amide bonds. The lowest BCUT2D eigenvalue weighted by molar-refractivity contribution is 0.0226. The summed E-state index contributed by atoms with van der Waals surface area (Å²) in [7, 11) is 0. The van der Waals surface area contributed by atoms with Gasteiger partial charge in [0.25, 0.3) is 0 Å². The Morgan fingerprint density at radius 1 is 1.28 bits per heavy atom. The van der Waals surface area contributed by atoms with E-state index in [2.05, 4.69) is 0 Å². The summed E-state index contributed by atoms with van der Waals surface area (Å²) in [6.45, 7) is 5.78. The lowest BCUT2D eigenvalue weighted by Crippen LogP contribution is -2.24. The molecule has 0 aromatic heterocycles. The zero-order valence-electron chi connectivity index (χ0n) is 11.1. The third kappa shape index (κ3) is 3.96. The molecular formula is C14H21FO3. The van der Waals surface area contributed by atoms with Gasteiger partial charge in [-0.3, -0.25) is 0 Å². The number of rotatable bonds is 6. The van der Waals surface area contributed by atoms with Crippen LogP contribution in [0.1, 0.15) is 38.7 Å². The highest BCUT2D eigenvalue weighted by Gasteiger charge is 2.19. The van der Waals surface area contributed by atoms with E-state index in [1.165, 1.54) is 19.1 Å². The minimum Gasteiger partial charge on any atom is -0.494 e. The average Bonchev–Trinajstić information content (AvgIpc) is 2.31. The van der Waals surface area contributed by atoms with E-state index in [4.69, 9.17) is 4.74 Å². The van der Waals surface area contributed by atoms with Crippen LogP contribution in [0.5, 0.6) is 5.75 Å². The van der Waals surface area contributed by atoms with Gasteiger partial charge in [0.1, 0.15) is 11.6 Å². The SMILES string of the molecule is CCOc1ccc(F)cc1C(C)CC(O)C(C)O. The molecule has 18 heavy (non-hydrogen) atoms. The Labute approximate surface area is 107 Å². The molecule has 0 aliphatic heterocycles. The van der Waals surface area contributed by atoms with Gasteiger partial charge in [-0.15, -0.1) is 0 Å². The van der Waals surface area contributed by atoms with Crippen LogP contribution in [0.3, 0.4) is 0 Å². The third-order valence-corrected chi connectivity index (χ3v) is 2.95. The summed E-state index contributed by atoms with van der Waals surface area (Å²) < 4.78 is 18.7. The van der Waals surface area contributed by atoms with E-state index in [0.717, 1.165) is 5.56 Å². The molecule has 0 bridgehead atoms. The largest absolute Gasteiger partial charge is 0.494 e. The highest BCUT2D eigenvalue weighted by atomic mass is 19.1. The van der Waals surface area contributed by atoms with Gasteiger partial charge in [-0.2, -0.15) is 0 Å². The first-order valence-electron chi connectivity index (χ1n) is 6.24. The van der Waals surface area contributed by atoms with Gasteiger partial charge in [-0.1, -0.05) is 6.92 Å². The van der Waals surface area contributed by atoms with E-state index in [1.807, 2.05) is 13.8 Å². The number of aliphatic hydroxyl groups excluding tert-OH is 2. The fraction of sp³-hybridized carbons (Fsp3) is 0.571. The van der Waals surface area contributed by atoms with Gasteiger partial charge in [0.15, 0.2) is 0 Å². The van der Waals surface area contributed by atoms with Crippen LogP contribution in [-0.4, -0.2) is 29.0 Å². The Bertz CT molecular complexity index is 379. The lowest BCUT2D eigenvalue weighted by Gasteiger charge is -2.21. The smallest absolute Gasteiger partial charge is 0.123 e. The van der Waals surface area contributed by atoms with Crippen molar-refractivity contribution in [3.63, 3.8) is 0 Å². The van der Waals surface area contributed by atoms with Gasteiger partial charge < -0.3 is 14.9 Å². The second-order valence-electron chi connectivity index (χ2n) is 4.56. The van der Waals surface area contributed by atoms with Crippen LogP contribution in [0.2, 0.25) is 0 Å². The Hall–Kier alpha value is -1.13. The molecule has 0 heterocycles. The molecule has 3 nitrogen and oxygen atoms in total. The van der Waals surface area contributed by atoms with E-state index in [9.17, 15) is 14.6 Å². The van der Waals surface area contributed by atoms with E-state index in [-0.39, 0.29) is 11.7 Å². The first kappa shape index (κ1) is 14.9. The maximum absolute atomic E-state index is 13.3. The molecule has 2 N–H and O–H groups in total. The highest BCUT2D eigenvalue weighted by Crippen LogP contribution is 2.31. The molecule has 0 fully saturated rings. The number of halogens is 1. The summed E-state index contributed by atoms with van der Waals surface area (Å²) in [6, 6.07) is 4.37. The van der Waals surface area contributed by atoms with Crippen molar-refractivity contribution in [2.75, 3.05) is 6.61 Å². The van der Waals surface area contributed by atoms with Crippen LogP contribution in [0.15, 0.2) is 18.2 Å². The molecule has 3 unspecified atom stereocenters. The molecule has 4 heteroatoms. The molecule has 1 aromatic rings. The van der Waals surface area contributed by atoms with E-state index < -0.39 is 12.2 Å². The molecule has 0 aliphatic rings. The van der Waals surface area contributed by atoms with Crippen molar-refractivity contribution in [1.29, 1.82) is 0 Å². The lowest BCUT2D eigenvalue weighted by atomic mass is 9.92. The summed E-state index contributed by atoms with van der Waals surface area (Å²) in [6.07, 6.45) is -1.25. The maximum Gasteiger partial charge on any atom is 0.123 e. The predicted octanol–water partition coefficient (Wildman–Crippen LogP) is 2.46. The maximum atomic E-state index is 13.3. The fourth-order valence-electron chi connectivity index (χ4n) is 1.88. The predicted molar refractivity (Wildman–Crippen MR) is 68.3 cm³/mol. The first-order chi connectivity index (χ1) is 8.45. The van der Waals surface area contributed by atoms with Gasteiger partial charge in [-0.25, -0.2) is 4.39 Å². The van der Waals surface area contributed by atoms with Crippen LogP contribution in [0, 0.1) is 5.82 Å². The van der Waals surface area contributed by atoms with Gasteiger partial charge >= 0.3 is 0 Å². The Morgan fingerprint density at radius 3 is 2.50 bits per heavy atom. The summed E-state index contributed by atoms with van der Waals surface area (Å²) >= 11 is 0. The van der Waals surface area contributed by atoms with Crippen molar-refractivity contribution < 1.29 is 19.3 Å². The van der Waals surface area contributed by atoms with Crippen LogP contribution >= 0.6 is 0 Å². The van der Waals surface area contributed by atoms with E-state index in [0.29, 0.717) is 18.8 Å². The van der Waals surface area contributed by atoms with Gasteiger partial charge in [0.05, 0.1) is 18.8 Å². The van der Waals surface area contributed by atoms with E-state index in [1.54, 1.807) is 6.07 Å². The summed E-state index contributed by atoms with van der Waals surface area (Å²) in [5.74, 6) is 0.211. The zero-order chi connectivity index (χ0) is 13.7. The second kappa shape index (κ2) is 6.71. The molecule has 0 aliphatic carbocycles. The first-order valence-corrected chi connectivity index (χ1v) is 6.24. The van der Waals surface area contributed by atoms with Crippen LogP contribution < -0.4 is 4.74 Å². The van der Waals surface area contributed by atoms with Crippen molar-refractivity contribution in [2.24, 2.45) is 0 Å². The zero-order valence-corrected chi connectivity index (χ0v) is 11.1. The summed E-state index contributed by atoms with van der Waals surface area (Å²) in [5.41, 5.74) is 0.719. The number of aliphatic hydroxyl groups is 2.